The van der Waals surface area contributed by atoms with Gasteiger partial charge in [-0.2, -0.15) is 0 Å². The molecule has 0 N–H and O–H groups in total. The van der Waals surface area contributed by atoms with Gasteiger partial charge in [0.2, 0.25) is 5.79 Å². The van der Waals surface area contributed by atoms with E-state index in [1.54, 1.807) is 6.08 Å². The minimum atomic E-state index is -0.896. The van der Waals surface area contributed by atoms with Gasteiger partial charge in [-0.05, 0) is 19.9 Å². The predicted octanol–water partition coefficient (Wildman–Crippen LogP) is 4.01. The zero-order valence-electron chi connectivity index (χ0n) is 10.3. The van der Waals surface area contributed by atoms with Crippen LogP contribution in [0.4, 0.5) is 0 Å². The number of hydrogen-bond acceptors (Lipinski definition) is 2. The summed E-state index contributed by atoms with van der Waals surface area (Å²) in [6.07, 6.45) is 13.8. The van der Waals surface area contributed by atoms with Gasteiger partial charge in [0.25, 0.3) is 0 Å². The molecule has 2 nitrogen and oxygen atoms in total. The third kappa shape index (κ3) is 3.09. The van der Waals surface area contributed by atoms with E-state index in [-0.39, 0.29) is 11.8 Å². The van der Waals surface area contributed by atoms with Crippen molar-refractivity contribution in [1.82, 2.24) is 0 Å². The van der Waals surface area contributed by atoms with Gasteiger partial charge < -0.3 is 4.74 Å². The van der Waals surface area contributed by atoms with Crippen LogP contribution in [0.2, 0.25) is 0 Å². The molecule has 0 heterocycles. The average Bonchev–Trinajstić information content (AvgIpc) is 2.68. The Kier molecular flexibility index (Phi) is 5.69. The van der Waals surface area contributed by atoms with E-state index >= 15 is 0 Å². The molecule has 0 radical (unpaired) electrons. The van der Waals surface area contributed by atoms with Crippen LogP contribution in [0.15, 0.2) is 49.1 Å². The molecule has 0 aliphatic heterocycles. The number of ether oxygens (including phenoxy) is 1. The maximum atomic E-state index is 5.69. The fourth-order valence-electron chi connectivity index (χ4n) is 2.05. The van der Waals surface area contributed by atoms with Gasteiger partial charge in [-0.25, -0.2) is 4.29 Å². The van der Waals surface area contributed by atoms with Gasteiger partial charge in [0.05, 0.1) is 18.5 Å². The molecule has 0 amide bonds. The molecule has 1 aliphatic rings. The van der Waals surface area contributed by atoms with Gasteiger partial charge >= 0.3 is 0 Å². The molecule has 0 aromatic rings. The van der Waals surface area contributed by atoms with E-state index in [1.165, 1.54) is 0 Å². The molecule has 0 spiro atoms. The molecule has 94 valence electrons. The highest BCUT2D eigenvalue weighted by molar-refractivity contribution is 6.07. The Morgan fingerprint density at radius 1 is 1.35 bits per heavy atom. The molecule has 0 saturated heterocycles. The van der Waals surface area contributed by atoms with Crippen molar-refractivity contribution >= 4 is 11.9 Å². The van der Waals surface area contributed by atoms with E-state index in [1.807, 2.05) is 32.1 Å². The van der Waals surface area contributed by atoms with Crippen molar-refractivity contribution in [2.75, 3.05) is 6.61 Å². The molecule has 0 aromatic heterocycles. The molecule has 3 heteroatoms. The van der Waals surface area contributed by atoms with Crippen LogP contribution in [0.25, 0.3) is 0 Å². The Balaban J connectivity index is 2.95. The highest BCUT2D eigenvalue weighted by Crippen LogP contribution is 2.41. The fraction of sp³-hybridized carbons (Fsp3) is 0.429. The van der Waals surface area contributed by atoms with Crippen molar-refractivity contribution in [3.8, 4) is 0 Å². The molecule has 3 unspecified atom stereocenters. The molecule has 3 atom stereocenters. The molecule has 1 rings (SSSR count). The maximum absolute atomic E-state index is 5.69. The van der Waals surface area contributed by atoms with Crippen molar-refractivity contribution < 1.29 is 9.03 Å². The summed E-state index contributed by atoms with van der Waals surface area (Å²) >= 11 is 5.63. The standard InChI is InChI=1S/C14H19ClO2/c1-4-7-12-9-10-14(17-15,16-11-6-3)13(12)8-5-2/h4-10,12-13H,3,11H2,1-2H3/b7-4-,8-5-. The first kappa shape index (κ1) is 14.2. The first-order valence-corrected chi connectivity index (χ1v) is 6.04. The van der Waals surface area contributed by atoms with E-state index in [0.29, 0.717) is 6.61 Å². The highest BCUT2D eigenvalue weighted by Gasteiger charge is 2.44. The van der Waals surface area contributed by atoms with Gasteiger partial charge in [0, 0.05) is 11.8 Å². The summed E-state index contributed by atoms with van der Waals surface area (Å²) in [5.74, 6) is -0.618. The first-order chi connectivity index (χ1) is 8.24. The zero-order valence-corrected chi connectivity index (χ0v) is 11.1. The monoisotopic (exact) mass is 254 g/mol. The summed E-state index contributed by atoms with van der Waals surface area (Å²) in [6.45, 7) is 7.99. The lowest BCUT2D eigenvalue weighted by atomic mass is 9.90. The van der Waals surface area contributed by atoms with E-state index in [9.17, 15) is 0 Å². The largest absolute Gasteiger partial charge is 0.341 e. The smallest absolute Gasteiger partial charge is 0.214 e. The van der Waals surface area contributed by atoms with Gasteiger partial charge in [-0.15, -0.1) is 6.58 Å². The van der Waals surface area contributed by atoms with Crippen LogP contribution in [-0.2, 0) is 9.03 Å². The third-order valence-electron chi connectivity index (χ3n) is 2.79. The van der Waals surface area contributed by atoms with Gasteiger partial charge in [0.1, 0.15) is 0 Å². The normalized spacial score (nSPS) is 32.9. The van der Waals surface area contributed by atoms with Crippen molar-refractivity contribution in [2.45, 2.75) is 19.6 Å². The second kappa shape index (κ2) is 6.80. The fourth-order valence-corrected chi connectivity index (χ4v) is 2.25. The summed E-state index contributed by atoms with van der Waals surface area (Å²) in [5.41, 5.74) is 0. The van der Waals surface area contributed by atoms with Crippen molar-refractivity contribution in [3.63, 3.8) is 0 Å². The van der Waals surface area contributed by atoms with Crippen LogP contribution < -0.4 is 0 Å². The molecular formula is C14H19ClO2. The van der Waals surface area contributed by atoms with E-state index in [0.717, 1.165) is 0 Å². The van der Waals surface area contributed by atoms with Crippen molar-refractivity contribution in [1.29, 1.82) is 0 Å². The second-order valence-corrected chi connectivity index (χ2v) is 4.07. The minimum absolute atomic E-state index is 0.0427. The maximum Gasteiger partial charge on any atom is 0.214 e. The Labute approximate surface area is 108 Å². The van der Waals surface area contributed by atoms with Gasteiger partial charge in [-0.3, -0.25) is 0 Å². The summed E-state index contributed by atoms with van der Waals surface area (Å²) in [7, 11) is 0. The Morgan fingerprint density at radius 3 is 2.59 bits per heavy atom. The molecule has 0 aromatic carbocycles. The third-order valence-corrected chi connectivity index (χ3v) is 3.03. The number of hydrogen-bond donors (Lipinski definition) is 0. The predicted molar refractivity (Wildman–Crippen MR) is 71.6 cm³/mol. The van der Waals surface area contributed by atoms with Gasteiger partial charge in [-0.1, -0.05) is 36.5 Å². The van der Waals surface area contributed by atoms with E-state index in [4.69, 9.17) is 20.9 Å². The molecule has 17 heavy (non-hydrogen) atoms. The highest BCUT2D eigenvalue weighted by atomic mass is 35.5. The second-order valence-electron chi connectivity index (χ2n) is 3.91. The Morgan fingerprint density at radius 2 is 2.06 bits per heavy atom. The summed E-state index contributed by atoms with van der Waals surface area (Å²) in [4.78, 5) is 0. The van der Waals surface area contributed by atoms with E-state index in [2.05, 4.69) is 24.8 Å². The van der Waals surface area contributed by atoms with Crippen LogP contribution in [0, 0.1) is 11.8 Å². The Bertz CT molecular complexity index is 333. The molecule has 0 fully saturated rings. The molecule has 1 aliphatic carbocycles. The quantitative estimate of drug-likeness (QED) is 0.527. The lowest BCUT2D eigenvalue weighted by Gasteiger charge is -2.31. The van der Waals surface area contributed by atoms with Crippen molar-refractivity contribution in [2.24, 2.45) is 11.8 Å². The average molecular weight is 255 g/mol. The van der Waals surface area contributed by atoms with Crippen LogP contribution in [0.5, 0.6) is 0 Å². The molecule has 0 saturated carbocycles. The topological polar surface area (TPSA) is 18.5 Å². The molecular weight excluding hydrogens is 236 g/mol. The van der Waals surface area contributed by atoms with Crippen LogP contribution in [-0.4, -0.2) is 12.4 Å². The number of allylic oxidation sites excluding steroid dienone is 4. The van der Waals surface area contributed by atoms with Crippen LogP contribution in [0.1, 0.15) is 13.8 Å². The lowest BCUT2D eigenvalue weighted by molar-refractivity contribution is -0.158. The Hall–Kier alpha value is -0.830. The summed E-state index contributed by atoms with van der Waals surface area (Å²) in [6, 6.07) is 0. The van der Waals surface area contributed by atoms with Gasteiger partial charge in [0.15, 0.2) is 0 Å². The number of rotatable bonds is 6. The zero-order chi connectivity index (χ0) is 12.7. The van der Waals surface area contributed by atoms with E-state index < -0.39 is 5.79 Å². The molecule has 0 bridgehead atoms. The van der Waals surface area contributed by atoms with Crippen molar-refractivity contribution in [3.05, 3.63) is 49.1 Å². The lowest BCUT2D eigenvalue weighted by Crippen LogP contribution is -2.38. The van der Waals surface area contributed by atoms with Crippen LogP contribution in [0.3, 0.4) is 0 Å². The first-order valence-electron chi connectivity index (χ1n) is 5.73. The summed E-state index contributed by atoms with van der Waals surface area (Å²) < 4.78 is 10.8. The number of halogens is 1. The minimum Gasteiger partial charge on any atom is -0.341 e. The van der Waals surface area contributed by atoms with Crippen LogP contribution >= 0.6 is 11.9 Å². The summed E-state index contributed by atoms with van der Waals surface area (Å²) in [5, 5.41) is 0. The SMILES string of the molecule is C=CCOC1(OCl)C=CC(/C=C\C)C1/C=C\C.